The van der Waals surface area contributed by atoms with Gasteiger partial charge in [-0.1, -0.05) is 55.8 Å². The van der Waals surface area contributed by atoms with Gasteiger partial charge in [0.15, 0.2) is 0 Å². The fourth-order valence-electron chi connectivity index (χ4n) is 7.43. The largest absolute Gasteiger partial charge is 0.459 e. The maximum atomic E-state index is 12.6. The second-order valence-corrected chi connectivity index (χ2v) is 10.7. The number of benzene rings is 1. The van der Waals surface area contributed by atoms with E-state index in [2.05, 4.69) is 19.9 Å². The summed E-state index contributed by atoms with van der Waals surface area (Å²) in [5.41, 5.74) is 2.64. The zero-order valence-corrected chi connectivity index (χ0v) is 18.8. The van der Waals surface area contributed by atoms with Crippen molar-refractivity contribution in [3.63, 3.8) is 0 Å². The van der Waals surface area contributed by atoms with E-state index in [1.54, 1.807) is 6.08 Å². The van der Waals surface area contributed by atoms with E-state index in [1.165, 1.54) is 12.0 Å². The molecule has 4 aliphatic rings. The molecule has 0 heterocycles. The van der Waals surface area contributed by atoms with Crippen LogP contribution in [0.5, 0.6) is 0 Å². The second-order valence-electron chi connectivity index (χ2n) is 10.7. The molecule has 3 fully saturated rings. The molecule has 0 N–H and O–H groups in total. The van der Waals surface area contributed by atoms with Crippen molar-refractivity contribution in [3.05, 3.63) is 53.6 Å². The minimum atomic E-state index is -0.246. The van der Waals surface area contributed by atoms with Crippen LogP contribution in [0.25, 0.3) is 6.08 Å². The third-order valence-corrected chi connectivity index (χ3v) is 9.26. The molecule has 0 amide bonds. The van der Waals surface area contributed by atoms with Crippen LogP contribution in [0.15, 0.2) is 48.1 Å². The maximum absolute atomic E-state index is 12.6. The standard InChI is InChI=1S/C28H34O3/c1-27-16-14-21(31-26(30)13-8-19-6-4-3-5-7-19)18-20(27)9-10-22-23-11-12-25(29)28(23,2)17-15-24(22)27/h3-9,13,21-24H,10-12,14-18H2,1-2H3/b13-8-/t21-,22-,23-,24-,27-,28-/m0/s1. The molecule has 5 rings (SSSR count). The Hall–Kier alpha value is -2.16. The lowest BCUT2D eigenvalue weighted by Gasteiger charge is -2.56. The molecular weight excluding hydrogens is 384 g/mol. The molecule has 1 aromatic carbocycles. The number of ether oxygens (including phenoxy) is 1. The van der Waals surface area contributed by atoms with Crippen molar-refractivity contribution in [1.82, 2.24) is 0 Å². The Balaban J connectivity index is 1.26. The fourth-order valence-corrected chi connectivity index (χ4v) is 7.43. The first-order valence-corrected chi connectivity index (χ1v) is 12.1. The fraction of sp³-hybridized carbons (Fsp3) is 0.571. The summed E-state index contributed by atoms with van der Waals surface area (Å²) >= 11 is 0. The number of hydrogen-bond donors (Lipinski definition) is 0. The molecule has 3 nitrogen and oxygen atoms in total. The van der Waals surface area contributed by atoms with Gasteiger partial charge in [0.05, 0.1) is 0 Å². The van der Waals surface area contributed by atoms with Gasteiger partial charge in [0.1, 0.15) is 11.9 Å². The predicted octanol–water partition coefficient (Wildman–Crippen LogP) is 6.14. The lowest BCUT2D eigenvalue weighted by Crippen LogP contribution is -2.50. The lowest BCUT2D eigenvalue weighted by atomic mass is 9.48. The summed E-state index contributed by atoms with van der Waals surface area (Å²) in [6.07, 6.45) is 13.9. The molecule has 0 spiro atoms. The third kappa shape index (κ3) is 3.50. The summed E-state index contributed by atoms with van der Waals surface area (Å²) in [5.74, 6) is 2.14. The first-order chi connectivity index (χ1) is 14.9. The molecule has 0 saturated heterocycles. The second kappa shape index (κ2) is 7.76. The summed E-state index contributed by atoms with van der Waals surface area (Å²) in [7, 11) is 0. The SMILES string of the molecule is C[C@]12CC[C@H](OC(=O)/C=C\c3ccccc3)CC1=CC[C@@H]1[C@@H]2CC[C@]2(C)C(=O)CC[C@@H]12. The van der Waals surface area contributed by atoms with Crippen molar-refractivity contribution in [1.29, 1.82) is 0 Å². The highest BCUT2D eigenvalue weighted by atomic mass is 16.5. The van der Waals surface area contributed by atoms with Crippen LogP contribution in [0.1, 0.15) is 70.8 Å². The Morgan fingerprint density at radius 3 is 2.58 bits per heavy atom. The molecule has 0 aliphatic heterocycles. The number of carbonyl (C=O) groups is 2. The average Bonchev–Trinajstić information content (AvgIpc) is 3.08. The van der Waals surface area contributed by atoms with Gasteiger partial charge in [-0.3, -0.25) is 4.79 Å². The lowest BCUT2D eigenvalue weighted by molar-refractivity contribution is -0.145. The first-order valence-electron chi connectivity index (χ1n) is 12.1. The van der Waals surface area contributed by atoms with Crippen LogP contribution in [0.4, 0.5) is 0 Å². The van der Waals surface area contributed by atoms with Crippen molar-refractivity contribution >= 4 is 17.8 Å². The van der Waals surface area contributed by atoms with Crippen LogP contribution in [0.2, 0.25) is 0 Å². The van der Waals surface area contributed by atoms with E-state index in [4.69, 9.17) is 4.74 Å². The van der Waals surface area contributed by atoms with Crippen molar-refractivity contribution in [2.24, 2.45) is 28.6 Å². The Labute approximate surface area is 185 Å². The maximum Gasteiger partial charge on any atom is 0.331 e. The zero-order valence-electron chi connectivity index (χ0n) is 18.8. The van der Waals surface area contributed by atoms with Crippen LogP contribution in [0.3, 0.4) is 0 Å². The molecule has 164 valence electrons. The van der Waals surface area contributed by atoms with Crippen LogP contribution >= 0.6 is 0 Å². The predicted molar refractivity (Wildman–Crippen MR) is 122 cm³/mol. The highest BCUT2D eigenvalue weighted by molar-refractivity contribution is 5.87. The monoisotopic (exact) mass is 418 g/mol. The molecule has 6 atom stereocenters. The summed E-state index contributed by atoms with van der Waals surface area (Å²) in [4.78, 5) is 25.0. The number of ketones is 1. The highest BCUT2D eigenvalue weighted by Gasteiger charge is 2.58. The van der Waals surface area contributed by atoms with Crippen LogP contribution < -0.4 is 0 Å². The molecule has 1 aromatic rings. The molecular formula is C28H34O3. The Bertz CT molecular complexity index is 929. The molecule has 0 bridgehead atoms. The van der Waals surface area contributed by atoms with E-state index in [9.17, 15) is 9.59 Å². The number of carbonyl (C=O) groups excluding carboxylic acids is 2. The van der Waals surface area contributed by atoms with Gasteiger partial charge in [-0.25, -0.2) is 4.79 Å². The quantitative estimate of drug-likeness (QED) is 0.336. The van der Waals surface area contributed by atoms with Crippen LogP contribution in [-0.2, 0) is 14.3 Å². The summed E-state index contributed by atoms with van der Waals surface area (Å²) in [5, 5.41) is 0. The van der Waals surface area contributed by atoms with Crippen molar-refractivity contribution < 1.29 is 14.3 Å². The smallest absolute Gasteiger partial charge is 0.331 e. The Morgan fingerprint density at radius 1 is 1.03 bits per heavy atom. The van der Waals surface area contributed by atoms with E-state index in [0.717, 1.165) is 50.5 Å². The topological polar surface area (TPSA) is 43.4 Å². The van der Waals surface area contributed by atoms with Gasteiger partial charge in [0, 0.05) is 24.3 Å². The number of rotatable bonds is 3. The van der Waals surface area contributed by atoms with Gasteiger partial charge < -0.3 is 4.74 Å². The molecule has 3 heteroatoms. The van der Waals surface area contributed by atoms with E-state index < -0.39 is 0 Å². The molecule has 0 aromatic heterocycles. The van der Waals surface area contributed by atoms with E-state index >= 15 is 0 Å². The van der Waals surface area contributed by atoms with Crippen molar-refractivity contribution in [2.75, 3.05) is 0 Å². The number of Topliss-reactive ketones (excluding diaryl/α,β-unsaturated/α-hetero) is 1. The van der Waals surface area contributed by atoms with Gasteiger partial charge >= 0.3 is 5.97 Å². The van der Waals surface area contributed by atoms with Gasteiger partial charge in [0.25, 0.3) is 0 Å². The summed E-state index contributed by atoms with van der Waals surface area (Å²) in [6.45, 7) is 4.69. The third-order valence-electron chi connectivity index (χ3n) is 9.26. The highest BCUT2D eigenvalue weighted by Crippen LogP contribution is 2.64. The number of hydrogen-bond acceptors (Lipinski definition) is 3. The molecule has 31 heavy (non-hydrogen) atoms. The van der Waals surface area contributed by atoms with E-state index in [-0.39, 0.29) is 22.9 Å². The van der Waals surface area contributed by atoms with E-state index in [1.807, 2.05) is 36.4 Å². The minimum Gasteiger partial charge on any atom is -0.459 e. The van der Waals surface area contributed by atoms with Gasteiger partial charge in [-0.2, -0.15) is 0 Å². The average molecular weight is 419 g/mol. The number of allylic oxidation sites excluding steroid dienone is 1. The zero-order chi connectivity index (χ0) is 21.6. The number of fused-ring (bicyclic) bond motifs is 5. The normalized spacial score (nSPS) is 39.4. The molecule has 0 radical (unpaired) electrons. The van der Waals surface area contributed by atoms with Gasteiger partial charge in [-0.05, 0) is 73.3 Å². The Morgan fingerprint density at radius 2 is 1.77 bits per heavy atom. The Kier molecular flexibility index (Phi) is 5.19. The van der Waals surface area contributed by atoms with E-state index in [0.29, 0.717) is 23.5 Å². The molecule has 4 aliphatic carbocycles. The molecule has 3 saturated carbocycles. The van der Waals surface area contributed by atoms with Crippen molar-refractivity contribution in [2.45, 2.75) is 71.3 Å². The van der Waals surface area contributed by atoms with Gasteiger partial charge in [-0.15, -0.1) is 0 Å². The van der Waals surface area contributed by atoms with Crippen LogP contribution in [0, 0.1) is 28.6 Å². The van der Waals surface area contributed by atoms with Crippen LogP contribution in [-0.4, -0.2) is 17.9 Å². The number of esters is 1. The molecule has 0 unspecified atom stereocenters. The van der Waals surface area contributed by atoms with Gasteiger partial charge in [0.2, 0.25) is 0 Å². The summed E-state index contributed by atoms with van der Waals surface area (Å²) in [6, 6.07) is 9.85. The summed E-state index contributed by atoms with van der Waals surface area (Å²) < 4.78 is 5.83. The first kappa shape index (κ1) is 20.7. The van der Waals surface area contributed by atoms with Crippen molar-refractivity contribution in [3.8, 4) is 0 Å². The minimum absolute atomic E-state index is 0.0225.